The highest BCUT2D eigenvalue weighted by Gasteiger charge is 2.10. The summed E-state index contributed by atoms with van der Waals surface area (Å²) in [5.41, 5.74) is 1.31. The third-order valence-electron chi connectivity index (χ3n) is 2.04. The van der Waals surface area contributed by atoms with Gasteiger partial charge in [0.15, 0.2) is 0 Å². The van der Waals surface area contributed by atoms with Crippen molar-refractivity contribution in [3.05, 3.63) is 42.1 Å². The zero-order chi connectivity index (χ0) is 10.9. The summed E-state index contributed by atoms with van der Waals surface area (Å²) in [5, 5.41) is 0.912. The Morgan fingerprint density at radius 2 is 1.88 bits per heavy atom. The van der Waals surface area contributed by atoms with Crippen LogP contribution in [0.3, 0.4) is 0 Å². The number of para-hydroxylation sites is 1. The van der Waals surface area contributed by atoms with Gasteiger partial charge in [-0.25, -0.2) is 8.42 Å². The van der Waals surface area contributed by atoms with Crippen molar-refractivity contribution >= 4 is 43.0 Å². The van der Waals surface area contributed by atoms with Crippen molar-refractivity contribution < 1.29 is 8.42 Å². The first-order chi connectivity index (χ1) is 7.06. The molecule has 0 aliphatic rings. The number of nitrogens with zero attached hydrogens (tertiary/aromatic N) is 1. The lowest BCUT2D eigenvalue weighted by Crippen LogP contribution is -1.96. The van der Waals surface area contributed by atoms with Crippen LogP contribution in [0.4, 0.5) is 0 Å². The van der Waals surface area contributed by atoms with Crippen molar-refractivity contribution in [2.45, 2.75) is 5.75 Å². The first kappa shape index (κ1) is 13.2. The molecule has 0 saturated carbocycles. The Kier molecular flexibility index (Phi) is 4.13. The summed E-state index contributed by atoms with van der Waals surface area (Å²) in [5.74, 6) is -0.192. The first-order valence-corrected chi connectivity index (χ1v) is 6.79. The molecule has 6 heteroatoms. The summed E-state index contributed by atoms with van der Waals surface area (Å²) in [6, 6.07) is 9.08. The maximum atomic E-state index is 11.0. The van der Waals surface area contributed by atoms with Gasteiger partial charge >= 0.3 is 0 Å². The third-order valence-corrected chi connectivity index (χ3v) is 3.03. The van der Waals surface area contributed by atoms with Crippen LogP contribution in [0.25, 0.3) is 10.9 Å². The second-order valence-electron chi connectivity index (χ2n) is 3.18. The Hall–Kier alpha value is -0.840. The molecular formula is C10H9Cl2NO2S. The van der Waals surface area contributed by atoms with E-state index in [1.807, 2.05) is 12.1 Å². The molecule has 0 fully saturated rings. The molecule has 86 valence electrons. The second kappa shape index (κ2) is 4.99. The summed E-state index contributed by atoms with van der Waals surface area (Å²) in [6.07, 6.45) is 1.63. The number of rotatable bonds is 2. The number of aromatic nitrogens is 1. The predicted octanol–water partition coefficient (Wildman–Crippen LogP) is 2.73. The van der Waals surface area contributed by atoms with Crippen molar-refractivity contribution in [3.63, 3.8) is 0 Å². The average molecular weight is 278 g/mol. The highest BCUT2D eigenvalue weighted by molar-refractivity contribution is 8.13. The summed E-state index contributed by atoms with van der Waals surface area (Å²) >= 11 is 0. The lowest BCUT2D eigenvalue weighted by molar-refractivity contribution is 0.609. The van der Waals surface area contributed by atoms with Gasteiger partial charge in [0.05, 0.1) is 11.3 Å². The quantitative estimate of drug-likeness (QED) is 0.793. The summed E-state index contributed by atoms with van der Waals surface area (Å²) < 4.78 is 22.0. The van der Waals surface area contributed by atoms with E-state index in [1.165, 1.54) is 0 Å². The molecular weight excluding hydrogens is 269 g/mol. The molecule has 0 atom stereocenters. The fourth-order valence-electron chi connectivity index (χ4n) is 1.47. The van der Waals surface area contributed by atoms with Crippen molar-refractivity contribution in [1.29, 1.82) is 0 Å². The van der Waals surface area contributed by atoms with Gasteiger partial charge in [-0.3, -0.25) is 4.98 Å². The standard InChI is InChI=1S/C10H8ClNO2S.ClH/c11-15(13,14)7-9-4-1-3-8-5-2-6-12-10(8)9;/h1-6H,7H2;1H. The molecule has 0 unspecified atom stereocenters. The van der Waals surface area contributed by atoms with Gasteiger partial charge in [-0.05, 0) is 11.6 Å². The lowest BCUT2D eigenvalue weighted by atomic mass is 10.1. The predicted molar refractivity (Wildman–Crippen MR) is 67.5 cm³/mol. The Morgan fingerprint density at radius 3 is 2.56 bits per heavy atom. The van der Waals surface area contributed by atoms with E-state index < -0.39 is 9.05 Å². The molecule has 0 aliphatic carbocycles. The van der Waals surface area contributed by atoms with Crippen LogP contribution in [-0.2, 0) is 14.8 Å². The van der Waals surface area contributed by atoms with Crippen LogP contribution in [0.15, 0.2) is 36.5 Å². The van der Waals surface area contributed by atoms with Gasteiger partial charge in [0, 0.05) is 22.3 Å². The maximum Gasteiger partial charge on any atom is 0.236 e. The molecule has 2 rings (SSSR count). The van der Waals surface area contributed by atoms with Crippen LogP contribution in [0.2, 0.25) is 0 Å². The molecule has 0 saturated heterocycles. The fourth-order valence-corrected chi connectivity index (χ4v) is 2.43. The lowest BCUT2D eigenvalue weighted by Gasteiger charge is -2.02. The maximum absolute atomic E-state index is 11.0. The zero-order valence-electron chi connectivity index (χ0n) is 8.13. The first-order valence-electron chi connectivity index (χ1n) is 4.31. The molecule has 0 bridgehead atoms. The van der Waals surface area contributed by atoms with E-state index in [9.17, 15) is 8.42 Å². The molecule has 16 heavy (non-hydrogen) atoms. The van der Waals surface area contributed by atoms with Gasteiger partial charge in [-0.1, -0.05) is 24.3 Å². The van der Waals surface area contributed by atoms with Crippen molar-refractivity contribution in [2.75, 3.05) is 0 Å². The van der Waals surface area contributed by atoms with E-state index in [1.54, 1.807) is 24.4 Å². The molecule has 3 nitrogen and oxygen atoms in total. The molecule has 1 aromatic carbocycles. The highest BCUT2D eigenvalue weighted by Crippen LogP contribution is 2.19. The molecule has 1 aromatic heterocycles. The van der Waals surface area contributed by atoms with Crippen LogP contribution in [0.1, 0.15) is 5.56 Å². The van der Waals surface area contributed by atoms with Crippen LogP contribution in [0.5, 0.6) is 0 Å². The smallest absolute Gasteiger partial charge is 0.236 e. The summed E-state index contributed by atoms with van der Waals surface area (Å²) in [7, 11) is 1.68. The average Bonchev–Trinajstić information content (AvgIpc) is 2.16. The topological polar surface area (TPSA) is 47.0 Å². The summed E-state index contributed by atoms with van der Waals surface area (Å²) in [6.45, 7) is 0. The van der Waals surface area contributed by atoms with E-state index in [0.717, 1.165) is 5.39 Å². The second-order valence-corrected chi connectivity index (χ2v) is 5.95. The van der Waals surface area contributed by atoms with E-state index in [-0.39, 0.29) is 18.2 Å². The highest BCUT2D eigenvalue weighted by atomic mass is 35.7. The van der Waals surface area contributed by atoms with Gasteiger partial charge in [0.25, 0.3) is 0 Å². The number of halogens is 2. The Balaban J connectivity index is 0.00000128. The minimum atomic E-state index is -3.54. The molecule has 0 aliphatic heterocycles. The van der Waals surface area contributed by atoms with Crippen molar-refractivity contribution in [3.8, 4) is 0 Å². The minimum Gasteiger partial charge on any atom is -0.256 e. The van der Waals surface area contributed by atoms with E-state index >= 15 is 0 Å². The Labute approximate surface area is 104 Å². The molecule has 2 aromatic rings. The number of hydrogen-bond acceptors (Lipinski definition) is 3. The van der Waals surface area contributed by atoms with Gasteiger partial charge in [0.1, 0.15) is 0 Å². The number of pyridine rings is 1. The van der Waals surface area contributed by atoms with Crippen LogP contribution >= 0.6 is 23.1 Å². The van der Waals surface area contributed by atoms with Gasteiger partial charge in [0.2, 0.25) is 9.05 Å². The van der Waals surface area contributed by atoms with Crippen LogP contribution in [0, 0.1) is 0 Å². The van der Waals surface area contributed by atoms with Crippen LogP contribution in [-0.4, -0.2) is 13.4 Å². The third kappa shape index (κ3) is 3.07. The van der Waals surface area contributed by atoms with Crippen molar-refractivity contribution in [1.82, 2.24) is 4.98 Å². The Bertz CT molecular complexity index is 593. The van der Waals surface area contributed by atoms with Gasteiger partial charge in [-0.2, -0.15) is 0 Å². The van der Waals surface area contributed by atoms with Gasteiger partial charge < -0.3 is 0 Å². The molecule has 0 radical (unpaired) electrons. The molecule has 1 heterocycles. The monoisotopic (exact) mass is 277 g/mol. The van der Waals surface area contributed by atoms with E-state index in [4.69, 9.17) is 10.7 Å². The van der Waals surface area contributed by atoms with Crippen LogP contribution < -0.4 is 0 Å². The fraction of sp³-hybridized carbons (Fsp3) is 0.100. The molecule has 0 amide bonds. The van der Waals surface area contributed by atoms with E-state index in [2.05, 4.69) is 4.98 Å². The normalized spacial score (nSPS) is 11.1. The summed E-state index contributed by atoms with van der Waals surface area (Å²) in [4.78, 5) is 4.14. The zero-order valence-corrected chi connectivity index (χ0v) is 10.5. The van der Waals surface area contributed by atoms with Crippen molar-refractivity contribution in [2.24, 2.45) is 0 Å². The largest absolute Gasteiger partial charge is 0.256 e. The Morgan fingerprint density at radius 1 is 1.19 bits per heavy atom. The number of hydrogen-bond donors (Lipinski definition) is 0. The SMILES string of the molecule is Cl.O=S(=O)(Cl)Cc1cccc2cccnc12. The minimum absolute atomic E-state index is 0. The number of fused-ring (bicyclic) bond motifs is 1. The molecule has 0 N–H and O–H groups in total. The molecule has 0 spiro atoms. The van der Waals surface area contributed by atoms with Gasteiger partial charge in [-0.15, -0.1) is 12.4 Å². The van der Waals surface area contributed by atoms with E-state index in [0.29, 0.717) is 11.1 Å². The number of benzene rings is 1.